The molecule has 0 spiro atoms. The lowest BCUT2D eigenvalue weighted by atomic mass is 10.1. The Kier molecular flexibility index (Phi) is 3.74. The third-order valence-electron chi connectivity index (χ3n) is 4.95. The number of pyridine rings is 1. The Hall–Kier alpha value is -2.36. The minimum atomic E-state index is 0.176. The molecule has 0 saturated heterocycles. The molecule has 0 radical (unpaired) electrons. The van der Waals surface area contributed by atoms with E-state index in [4.69, 9.17) is 0 Å². The molecule has 1 aromatic heterocycles. The van der Waals surface area contributed by atoms with Crippen LogP contribution >= 0.6 is 0 Å². The van der Waals surface area contributed by atoms with E-state index in [1.807, 2.05) is 24.5 Å². The molecule has 2 aliphatic rings. The zero-order valence-electron chi connectivity index (χ0n) is 13.2. The number of benzene rings is 1. The number of nitrogens with zero attached hydrogens (tertiary/aromatic N) is 2. The van der Waals surface area contributed by atoms with Crippen LogP contribution in [0.2, 0.25) is 0 Å². The summed E-state index contributed by atoms with van der Waals surface area (Å²) < 4.78 is 0. The normalized spacial score (nSPS) is 17.3. The van der Waals surface area contributed by atoms with E-state index in [1.165, 1.54) is 29.7 Å². The van der Waals surface area contributed by atoms with Crippen molar-refractivity contribution in [1.29, 1.82) is 0 Å². The van der Waals surface area contributed by atoms with Crippen molar-refractivity contribution in [1.82, 2.24) is 4.98 Å². The van der Waals surface area contributed by atoms with Gasteiger partial charge in [-0.25, -0.2) is 0 Å². The average Bonchev–Trinajstić information content (AvgIpc) is 3.25. The van der Waals surface area contributed by atoms with Gasteiger partial charge in [0.1, 0.15) is 0 Å². The van der Waals surface area contributed by atoms with Crippen molar-refractivity contribution in [3.05, 3.63) is 53.9 Å². The van der Waals surface area contributed by atoms with Gasteiger partial charge in [-0.15, -0.1) is 0 Å². The molecule has 1 fully saturated rings. The fraction of sp³-hybridized carbons (Fsp3) is 0.368. The van der Waals surface area contributed by atoms with Crippen molar-refractivity contribution in [2.75, 3.05) is 10.2 Å². The Bertz CT molecular complexity index is 680. The lowest BCUT2D eigenvalue weighted by molar-refractivity contribution is -0.119. The van der Waals surface area contributed by atoms with Crippen LogP contribution in [-0.2, 0) is 17.9 Å². The van der Waals surface area contributed by atoms with Crippen LogP contribution in [0.4, 0.5) is 11.4 Å². The largest absolute Gasteiger partial charge is 0.363 e. The number of carbonyl (C=O) groups excluding carboxylic acids is 1. The predicted molar refractivity (Wildman–Crippen MR) is 91.2 cm³/mol. The van der Waals surface area contributed by atoms with Crippen molar-refractivity contribution >= 4 is 17.3 Å². The molecule has 118 valence electrons. The Morgan fingerprint density at radius 2 is 1.78 bits per heavy atom. The molecule has 1 amide bonds. The highest BCUT2D eigenvalue weighted by Crippen LogP contribution is 2.29. The number of anilines is 2. The summed E-state index contributed by atoms with van der Waals surface area (Å²) in [5, 5.41) is 3.05. The molecular formula is C19H21N3O. The van der Waals surface area contributed by atoms with Crippen LogP contribution < -0.4 is 10.2 Å². The number of hydrogen-bond acceptors (Lipinski definition) is 3. The van der Waals surface area contributed by atoms with Gasteiger partial charge in [0.15, 0.2) is 0 Å². The molecule has 1 saturated carbocycles. The first kappa shape index (κ1) is 14.2. The highest BCUT2D eigenvalue weighted by molar-refractivity contribution is 5.92. The van der Waals surface area contributed by atoms with E-state index in [2.05, 4.69) is 33.4 Å². The van der Waals surface area contributed by atoms with Gasteiger partial charge in [-0.3, -0.25) is 9.78 Å². The second kappa shape index (κ2) is 6.03. The molecule has 0 bridgehead atoms. The van der Waals surface area contributed by atoms with Gasteiger partial charge < -0.3 is 10.2 Å². The highest BCUT2D eigenvalue weighted by Gasteiger charge is 2.23. The maximum atomic E-state index is 12.2. The van der Waals surface area contributed by atoms with E-state index in [1.54, 1.807) is 0 Å². The zero-order valence-corrected chi connectivity index (χ0v) is 13.2. The molecule has 4 rings (SSSR count). The topological polar surface area (TPSA) is 45.2 Å². The van der Waals surface area contributed by atoms with Crippen molar-refractivity contribution in [2.45, 2.75) is 38.8 Å². The molecule has 0 atom stereocenters. The van der Waals surface area contributed by atoms with E-state index < -0.39 is 0 Å². The fourth-order valence-electron chi connectivity index (χ4n) is 3.59. The summed E-state index contributed by atoms with van der Waals surface area (Å²) in [6.45, 7) is 1.82. The Balaban J connectivity index is 1.42. The molecule has 4 heteroatoms. The summed E-state index contributed by atoms with van der Waals surface area (Å²) >= 11 is 0. The molecule has 2 aromatic rings. The molecule has 4 nitrogen and oxygen atoms in total. The summed E-state index contributed by atoms with van der Waals surface area (Å²) in [4.78, 5) is 18.7. The summed E-state index contributed by atoms with van der Waals surface area (Å²) in [5.41, 5.74) is 4.72. The first-order valence-corrected chi connectivity index (χ1v) is 8.37. The second-order valence-corrected chi connectivity index (χ2v) is 6.52. The molecule has 1 aliphatic heterocycles. The number of amides is 1. The van der Waals surface area contributed by atoms with Gasteiger partial charge in [0.05, 0.1) is 0 Å². The number of fused-ring (bicyclic) bond motifs is 1. The van der Waals surface area contributed by atoms with E-state index in [9.17, 15) is 4.79 Å². The minimum absolute atomic E-state index is 0.176. The molecule has 1 N–H and O–H groups in total. The van der Waals surface area contributed by atoms with Gasteiger partial charge in [-0.05, 0) is 54.3 Å². The summed E-state index contributed by atoms with van der Waals surface area (Å²) in [7, 11) is 0. The van der Waals surface area contributed by atoms with Crippen molar-refractivity contribution < 1.29 is 4.79 Å². The smallest absolute Gasteiger partial charge is 0.227 e. The first-order valence-electron chi connectivity index (χ1n) is 8.37. The van der Waals surface area contributed by atoms with Gasteiger partial charge in [0, 0.05) is 42.8 Å². The van der Waals surface area contributed by atoms with Crippen molar-refractivity contribution in [3.63, 3.8) is 0 Å². The predicted octanol–water partition coefficient (Wildman–Crippen LogP) is 3.73. The molecule has 2 heterocycles. The number of carbonyl (C=O) groups is 1. The lowest BCUT2D eigenvalue weighted by Crippen LogP contribution is -2.20. The molecule has 1 aliphatic carbocycles. The van der Waals surface area contributed by atoms with Crippen LogP contribution in [0.25, 0.3) is 0 Å². The van der Waals surface area contributed by atoms with Crippen LogP contribution in [0.15, 0.2) is 42.7 Å². The second-order valence-electron chi connectivity index (χ2n) is 6.52. The number of nitrogens with one attached hydrogen (secondary N) is 1. The van der Waals surface area contributed by atoms with Crippen LogP contribution in [0.3, 0.4) is 0 Å². The van der Waals surface area contributed by atoms with Crippen LogP contribution in [0.5, 0.6) is 0 Å². The van der Waals surface area contributed by atoms with Gasteiger partial charge in [-0.2, -0.15) is 0 Å². The maximum Gasteiger partial charge on any atom is 0.227 e. The van der Waals surface area contributed by atoms with E-state index in [0.29, 0.717) is 0 Å². The Morgan fingerprint density at radius 3 is 2.52 bits per heavy atom. The van der Waals surface area contributed by atoms with Crippen molar-refractivity contribution in [2.24, 2.45) is 5.92 Å². The van der Waals surface area contributed by atoms with Gasteiger partial charge in [-0.1, -0.05) is 12.8 Å². The number of rotatable bonds is 3. The summed E-state index contributed by atoms with van der Waals surface area (Å²) in [6, 6.07) is 10.3. The minimum Gasteiger partial charge on any atom is -0.363 e. The summed E-state index contributed by atoms with van der Waals surface area (Å²) in [5.74, 6) is 0.380. The average molecular weight is 307 g/mol. The van der Waals surface area contributed by atoms with Crippen LogP contribution in [0, 0.1) is 5.92 Å². The van der Waals surface area contributed by atoms with Gasteiger partial charge in [0.25, 0.3) is 0 Å². The summed E-state index contributed by atoms with van der Waals surface area (Å²) in [6.07, 6.45) is 8.23. The van der Waals surface area contributed by atoms with E-state index in [-0.39, 0.29) is 11.8 Å². The Morgan fingerprint density at radius 1 is 1.04 bits per heavy atom. The number of aromatic nitrogens is 1. The maximum absolute atomic E-state index is 12.2. The molecule has 23 heavy (non-hydrogen) atoms. The third-order valence-corrected chi connectivity index (χ3v) is 4.95. The van der Waals surface area contributed by atoms with E-state index >= 15 is 0 Å². The van der Waals surface area contributed by atoms with E-state index in [0.717, 1.165) is 31.6 Å². The molecular weight excluding hydrogens is 286 g/mol. The third kappa shape index (κ3) is 2.93. The van der Waals surface area contributed by atoms with Gasteiger partial charge in [0.2, 0.25) is 5.91 Å². The SMILES string of the molecule is O=C(Nc1ccc(N2Cc3ccncc3C2)cc1)C1CCCC1. The van der Waals surface area contributed by atoms with Crippen LogP contribution in [-0.4, -0.2) is 10.9 Å². The van der Waals surface area contributed by atoms with Crippen LogP contribution in [0.1, 0.15) is 36.8 Å². The number of hydrogen-bond donors (Lipinski definition) is 1. The fourth-order valence-corrected chi connectivity index (χ4v) is 3.59. The highest BCUT2D eigenvalue weighted by atomic mass is 16.1. The standard InChI is InChI=1S/C19H21N3O/c23-19(14-3-1-2-4-14)21-17-5-7-18(8-6-17)22-12-15-9-10-20-11-16(15)13-22/h5-11,14H,1-4,12-13H2,(H,21,23). The zero-order chi connectivity index (χ0) is 15.6. The lowest BCUT2D eigenvalue weighted by Gasteiger charge is -2.18. The monoisotopic (exact) mass is 307 g/mol. The van der Waals surface area contributed by atoms with Crippen molar-refractivity contribution in [3.8, 4) is 0 Å². The Labute approximate surface area is 136 Å². The first-order chi connectivity index (χ1) is 11.3. The molecule has 0 unspecified atom stereocenters. The molecule has 1 aromatic carbocycles. The quantitative estimate of drug-likeness (QED) is 0.939. The van der Waals surface area contributed by atoms with Gasteiger partial charge >= 0.3 is 0 Å².